The number of hydrogen-bond acceptors (Lipinski definition) is 7. The summed E-state index contributed by atoms with van der Waals surface area (Å²) >= 11 is 1.61. The number of carbonyl (C=O) groups is 2. The van der Waals surface area contributed by atoms with Gasteiger partial charge in [-0.05, 0) is 67.0 Å². The van der Waals surface area contributed by atoms with Crippen LogP contribution >= 0.6 is 11.3 Å². The van der Waals surface area contributed by atoms with Gasteiger partial charge in [-0.15, -0.1) is 11.3 Å². The molecule has 0 saturated heterocycles. The Hall–Kier alpha value is -2.51. The number of aromatic nitrogens is 1. The molecular formula is C29H42N2O4S. The van der Waals surface area contributed by atoms with Gasteiger partial charge in [0.2, 0.25) is 0 Å². The van der Waals surface area contributed by atoms with Gasteiger partial charge in [0, 0.05) is 37.3 Å². The van der Waals surface area contributed by atoms with E-state index in [1.54, 1.807) is 17.4 Å². The Morgan fingerprint density at radius 2 is 1.97 bits per heavy atom. The van der Waals surface area contributed by atoms with Crippen molar-refractivity contribution >= 4 is 23.3 Å². The first kappa shape index (κ1) is 29.7. The second-order valence-corrected chi connectivity index (χ2v) is 10.7. The largest absolute Gasteiger partial charge is 0.462 e. The Balaban J connectivity index is 2.08. The molecule has 0 fully saturated rings. The Labute approximate surface area is 220 Å². The van der Waals surface area contributed by atoms with Crippen molar-refractivity contribution in [3.8, 4) is 0 Å². The van der Waals surface area contributed by atoms with Crippen LogP contribution in [-0.2, 0) is 31.9 Å². The third kappa shape index (κ3) is 13.0. The van der Waals surface area contributed by atoms with E-state index in [0.717, 1.165) is 54.9 Å². The zero-order chi connectivity index (χ0) is 26.3. The van der Waals surface area contributed by atoms with Gasteiger partial charge in [-0.2, -0.15) is 0 Å². The number of aryl methyl sites for hydroxylation is 1. The monoisotopic (exact) mass is 514 g/mol. The van der Waals surface area contributed by atoms with Crippen molar-refractivity contribution < 1.29 is 19.1 Å². The number of cyclic esters (lactones) is 2. The van der Waals surface area contributed by atoms with Crippen molar-refractivity contribution in [2.75, 3.05) is 20.6 Å². The lowest BCUT2D eigenvalue weighted by molar-refractivity contribution is -0.148. The normalized spacial score (nSPS) is 23.8. The van der Waals surface area contributed by atoms with Crippen molar-refractivity contribution in [2.24, 2.45) is 0 Å². The van der Waals surface area contributed by atoms with Crippen LogP contribution in [0.15, 0.2) is 53.0 Å². The summed E-state index contributed by atoms with van der Waals surface area (Å²) in [6.45, 7) is 6.86. The minimum Gasteiger partial charge on any atom is -0.462 e. The maximum atomic E-state index is 12.5. The van der Waals surface area contributed by atoms with E-state index in [1.165, 1.54) is 11.6 Å². The van der Waals surface area contributed by atoms with Crippen molar-refractivity contribution in [1.82, 2.24) is 9.88 Å². The molecule has 0 spiro atoms. The molecule has 0 unspecified atom stereocenters. The van der Waals surface area contributed by atoms with Crippen molar-refractivity contribution in [2.45, 2.75) is 84.3 Å². The molecule has 0 aromatic carbocycles. The van der Waals surface area contributed by atoms with Crippen LogP contribution in [0.5, 0.6) is 0 Å². The molecule has 2 bridgehead atoms. The first-order chi connectivity index (χ1) is 17.2. The second-order valence-electron chi connectivity index (χ2n) is 9.77. The zero-order valence-electron chi connectivity index (χ0n) is 22.5. The van der Waals surface area contributed by atoms with E-state index in [2.05, 4.69) is 35.4 Å². The summed E-state index contributed by atoms with van der Waals surface area (Å²) in [4.78, 5) is 31.5. The van der Waals surface area contributed by atoms with E-state index >= 15 is 0 Å². The molecule has 1 aromatic heterocycles. The smallest absolute Gasteiger partial charge is 0.331 e. The molecule has 2 atom stereocenters. The molecule has 0 aliphatic carbocycles. The molecule has 0 amide bonds. The molecular weight excluding hydrogens is 472 g/mol. The summed E-state index contributed by atoms with van der Waals surface area (Å²) in [6, 6.07) is 0. The molecule has 0 N–H and O–H groups in total. The van der Waals surface area contributed by atoms with Gasteiger partial charge >= 0.3 is 11.9 Å². The fraction of sp³-hybridized carbons (Fsp3) is 0.552. The van der Waals surface area contributed by atoms with E-state index in [4.69, 9.17) is 14.5 Å². The topological polar surface area (TPSA) is 68.7 Å². The van der Waals surface area contributed by atoms with Crippen LogP contribution in [0.25, 0.3) is 0 Å². The van der Waals surface area contributed by atoms with Crippen LogP contribution in [0.2, 0.25) is 0 Å². The first-order valence-corrected chi connectivity index (χ1v) is 13.7. The zero-order valence-corrected chi connectivity index (χ0v) is 23.3. The minimum atomic E-state index is -0.357. The summed E-state index contributed by atoms with van der Waals surface area (Å²) in [5.41, 5.74) is 3.28. The van der Waals surface area contributed by atoms with Gasteiger partial charge in [0.1, 0.15) is 12.2 Å². The summed E-state index contributed by atoms with van der Waals surface area (Å²) in [5.74, 6) is -0.518. The molecule has 1 aliphatic heterocycles. The molecule has 0 saturated carbocycles. The van der Waals surface area contributed by atoms with Crippen LogP contribution in [0.4, 0.5) is 0 Å². The number of nitrogens with zero attached hydrogens (tertiary/aromatic N) is 2. The highest BCUT2D eigenvalue weighted by molar-refractivity contribution is 7.09. The van der Waals surface area contributed by atoms with Crippen molar-refractivity contribution in [1.29, 1.82) is 0 Å². The number of thiazole rings is 1. The van der Waals surface area contributed by atoms with Crippen LogP contribution < -0.4 is 0 Å². The number of hydrogen-bond donors (Lipinski definition) is 0. The van der Waals surface area contributed by atoms with Gasteiger partial charge in [0.05, 0.1) is 10.7 Å². The first-order valence-electron chi connectivity index (χ1n) is 12.9. The van der Waals surface area contributed by atoms with Crippen molar-refractivity contribution in [3.63, 3.8) is 0 Å². The summed E-state index contributed by atoms with van der Waals surface area (Å²) < 4.78 is 11.3. The van der Waals surface area contributed by atoms with Gasteiger partial charge in [0.15, 0.2) is 0 Å². The molecule has 36 heavy (non-hydrogen) atoms. The number of likely N-dealkylation sites (N-methyl/N-ethyl adjacent to an activating group) is 1. The second kappa shape index (κ2) is 16.3. The quantitative estimate of drug-likeness (QED) is 0.343. The Morgan fingerprint density at radius 1 is 1.19 bits per heavy atom. The highest BCUT2D eigenvalue weighted by atomic mass is 32.1. The van der Waals surface area contributed by atoms with Gasteiger partial charge in [0.25, 0.3) is 0 Å². The summed E-state index contributed by atoms with van der Waals surface area (Å²) in [5, 5.41) is 3.04. The minimum absolute atomic E-state index is 0.161. The predicted molar refractivity (Wildman–Crippen MR) is 147 cm³/mol. The summed E-state index contributed by atoms with van der Waals surface area (Å²) in [6.07, 6.45) is 16.8. The van der Waals surface area contributed by atoms with E-state index in [0.29, 0.717) is 19.3 Å². The Kier molecular flexibility index (Phi) is 13.4. The Bertz CT molecular complexity index is 958. The molecule has 1 aliphatic rings. The average molecular weight is 515 g/mol. The molecule has 2 rings (SSSR count). The molecule has 0 radical (unpaired) electrons. The maximum absolute atomic E-state index is 12.5. The number of ether oxygens (including phenoxy) is 2. The standard InChI is InChI=1S/C29H42N2O4S/c1-22(17-18-31(4)5)11-6-8-14-26-20-27-30-25(21-36-27)13-7-9-15-28(32)34-24(3)19-23(2)12-10-16-29(33)35-26/h6,10-12,16-17,21,24,26H,7-9,13-15,18-20H2,1-5H3/b11-6+,16-10-,22-17+,23-12+/t24-,26+/m0/s1. The third-order valence-electron chi connectivity index (χ3n) is 5.72. The molecule has 1 aromatic rings. The third-order valence-corrected chi connectivity index (χ3v) is 6.64. The van der Waals surface area contributed by atoms with Crippen LogP contribution in [0.1, 0.15) is 70.0 Å². The molecule has 7 heteroatoms. The number of esters is 2. The van der Waals surface area contributed by atoms with Gasteiger partial charge in [-0.1, -0.05) is 41.5 Å². The highest BCUT2D eigenvalue weighted by Crippen LogP contribution is 2.19. The van der Waals surface area contributed by atoms with Crippen molar-refractivity contribution in [3.05, 3.63) is 63.7 Å². The number of fused-ring (bicyclic) bond motifs is 2. The van der Waals surface area contributed by atoms with Crippen LogP contribution in [-0.4, -0.2) is 54.7 Å². The van der Waals surface area contributed by atoms with Gasteiger partial charge < -0.3 is 14.4 Å². The SMILES string of the molecule is CC(/C=C/CC[C@@H]1Cc2nc(cs2)CCCCC(=O)O[C@@H](C)C/C(C)=C/C=C\C(=O)O1)=C\CN(C)C. The fourth-order valence-electron chi connectivity index (χ4n) is 3.82. The molecule has 198 valence electrons. The molecule has 2 heterocycles. The predicted octanol–water partition coefficient (Wildman–Crippen LogP) is 5.99. The van der Waals surface area contributed by atoms with Gasteiger partial charge in [-0.3, -0.25) is 4.79 Å². The van der Waals surface area contributed by atoms with E-state index in [9.17, 15) is 9.59 Å². The summed E-state index contributed by atoms with van der Waals surface area (Å²) in [7, 11) is 4.10. The lowest BCUT2D eigenvalue weighted by atomic mass is 10.1. The average Bonchev–Trinajstić information content (AvgIpc) is 3.24. The number of carbonyl (C=O) groups excluding carboxylic acids is 2. The fourth-order valence-corrected chi connectivity index (χ4v) is 4.71. The van der Waals surface area contributed by atoms with E-state index in [-0.39, 0.29) is 24.1 Å². The van der Waals surface area contributed by atoms with E-state index < -0.39 is 0 Å². The van der Waals surface area contributed by atoms with Crippen LogP contribution in [0, 0.1) is 0 Å². The Morgan fingerprint density at radius 3 is 2.75 bits per heavy atom. The molecule has 6 nitrogen and oxygen atoms in total. The lowest BCUT2D eigenvalue weighted by Crippen LogP contribution is -2.19. The maximum Gasteiger partial charge on any atom is 0.331 e. The number of allylic oxidation sites excluding steroid dienone is 5. The number of rotatable bonds is 6. The highest BCUT2D eigenvalue weighted by Gasteiger charge is 2.16. The van der Waals surface area contributed by atoms with Gasteiger partial charge in [-0.25, -0.2) is 9.78 Å². The lowest BCUT2D eigenvalue weighted by Gasteiger charge is -2.15. The van der Waals surface area contributed by atoms with Crippen LogP contribution in [0.3, 0.4) is 0 Å². The van der Waals surface area contributed by atoms with E-state index in [1.807, 2.05) is 34.0 Å².